The molecule has 0 spiro atoms. The van der Waals surface area contributed by atoms with Crippen molar-refractivity contribution >= 4 is 40.6 Å². The molecule has 1 aromatic heterocycles. The van der Waals surface area contributed by atoms with Crippen molar-refractivity contribution in [3.8, 4) is 0 Å². The first kappa shape index (κ1) is 17.4. The van der Waals surface area contributed by atoms with E-state index in [1.165, 1.54) is 0 Å². The normalized spacial score (nSPS) is 20.8. The van der Waals surface area contributed by atoms with Crippen LogP contribution in [-0.4, -0.2) is 28.0 Å². The van der Waals surface area contributed by atoms with E-state index >= 15 is 0 Å². The monoisotopic (exact) mass is 368 g/mol. The molecule has 1 aromatic carbocycles. The van der Waals surface area contributed by atoms with Crippen LogP contribution in [0.15, 0.2) is 21.4 Å². The highest BCUT2D eigenvalue weighted by Crippen LogP contribution is 2.45. The minimum Gasteiger partial charge on any atom is -0.465 e. The number of thioether (sulfide) groups is 1. The molecule has 3 rings (SSSR count). The lowest BCUT2D eigenvalue weighted by Crippen LogP contribution is -2.36. The van der Waals surface area contributed by atoms with Crippen LogP contribution in [0.2, 0.25) is 5.02 Å². The Bertz CT molecular complexity index is 763. The Kier molecular flexibility index (Phi) is 4.71. The van der Waals surface area contributed by atoms with Crippen LogP contribution in [0, 0.1) is 5.92 Å². The van der Waals surface area contributed by atoms with Gasteiger partial charge in [0.2, 0.25) is 5.89 Å². The number of hydrogen-bond donors (Lipinski definition) is 2. The molecule has 2 N–H and O–H groups in total. The maximum atomic E-state index is 10.5. The van der Waals surface area contributed by atoms with E-state index in [-0.39, 0.29) is 5.41 Å². The average molecular weight is 369 g/mol. The van der Waals surface area contributed by atoms with Crippen molar-refractivity contribution in [2.45, 2.75) is 49.2 Å². The van der Waals surface area contributed by atoms with Gasteiger partial charge in [0.25, 0.3) is 0 Å². The number of carboxylic acid groups (broad SMARTS) is 1. The summed E-state index contributed by atoms with van der Waals surface area (Å²) in [7, 11) is 0. The Morgan fingerprint density at radius 3 is 2.79 bits per heavy atom. The van der Waals surface area contributed by atoms with E-state index in [2.05, 4.69) is 31.1 Å². The number of benzene rings is 1. The van der Waals surface area contributed by atoms with Gasteiger partial charge in [-0.2, -0.15) is 0 Å². The third-order valence-corrected chi connectivity index (χ3v) is 5.91. The van der Waals surface area contributed by atoms with Crippen LogP contribution in [0.1, 0.15) is 39.5 Å². The van der Waals surface area contributed by atoms with Crippen LogP contribution in [0.25, 0.3) is 11.1 Å². The first-order valence-corrected chi connectivity index (χ1v) is 9.23. The van der Waals surface area contributed by atoms with Crippen molar-refractivity contribution in [1.29, 1.82) is 0 Å². The fourth-order valence-electron chi connectivity index (χ4n) is 2.71. The van der Waals surface area contributed by atoms with Gasteiger partial charge in [0.05, 0.1) is 9.92 Å². The highest BCUT2D eigenvalue weighted by atomic mass is 35.5. The molecule has 1 fully saturated rings. The Morgan fingerprint density at radius 1 is 1.46 bits per heavy atom. The third-order valence-electron chi connectivity index (χ3n) is 4.12. The summed E-state index contributed by atoms with van der Waals surface area (Å²) in [4.78, 5) is 16.1. The molecule has 0 bridgehead atoms. The van der Waals surface area contributed by atoms with Gasteiger partial charge in [-0.05, 0) is 30.9 Å². The quantitative estimate of drug-likeness (QED) is 0.801. The second-order valence-electron chi connectivity index (χ2n) is 7.26. The van der Waals surface area contributed by atoms with Gasteiger partial charge in [-0.3, -0.25) is 0 Å². The molecule has 1 aliphatic carbocycles. The molecular formula is C17H21ClN2O3S. The van der Waals surface area contributed by atoms with E-state index in [0.29, 0.717) is 28.6 Å². The van der Waals surface area contributed by atoms with Gasteiger partial charge < -0.3 is 14.8 Å². The first-order chi connectivity index (χ1) is 11.2. The number of amides is 1. The molecule has 0 unspecified atom stereocenters. The minimum atomic E-state index is -0.963. The Labute approximate surface area is 150 Å². The molecule has 0 atom stereocenters. The number of rotatable bonds is 4. The maximum Gasteiger partial charge on any atom is 0.404 e. The maximum absolute atomic E-state index is 10.5. The van der Waals surface area contributed by atoms with Crippen LogP contribution in [-0.2, 0) is 5.41 Å². The lowest BCUT2D eigenvalue weighted by Gasteiger charge is -2.34. The SMILES string of the molecule is CC(C)(C)c1nc2ccc(Cl)c(S[C@H]3C[C@H](CNC(=O)O)C3)c2o1. The van der Waals surface area contributed by atoms with Gasteiger partial charge in [0, 0.05) is 17.2 Å². The van der Waals surface area contributed by atoms with Crippen molar-refractivity contribution < 1.29 is 14.3 Å². The van der Waals surface area contributed by atoms with Crippen LogP contribution in [0.3, 0.4) is 0 Å². The van der Waals surface area contributed by atoms with Gasteiger partial charge >= 0.3 is 6.09 Å². The first-order valence-electron chi connectivity index (χ1n) is 7.97. The van der Waals surface area contributed by atoms with Gasteiger partial charge in [-0.15, -0.1) is 11.8 Å². The van der Waals surface area contributed by atoms with E-state index in [1.807, 2.05) is 12.1 Å². The number of fused-ring (bicyclic) bond motifs is 1. The smallest absolute Gasteiger partial charge is 0.404 e. The van der Waals surface area contributed by atoms with Gasteiger partial charge in [0.15, 0.2) is 5.58 Å². The molecule has 0 saturated heterocycles. The molecule has 0 aliphatic heterocycles. The number of nitrogens with one attached hydrogen (secondary N) is 1. The number of aromatic nitrogens is 1. The fourth-order valence-corrected chi connectivity index (χ4v) is 4.50. The number of carbonyl (C=O) groups is 1. The summed E-state index contributed by atoms with van der Waals surface area (Å²) in [6, 6.07) is 3.75. The van der Waals surface area contributed by atoms with Gasteiger partial charge in [-0.1, -0.05) is 32.4 Å². The molecule has 1 saturated carbocycles. The standard InChI is InChI=1S/C17H21ClN2O3S/c1-17(2,3)15-20-12-5-4-11(18)14(13(12)23-15)24-10-6-9(7-10)8-19-16(21)22/h4-5,9-10,19H,6-8H2,1-3H3,(H,21,22)/t9-,10-. The van der Waals surface area contributed by atoms with Crippen molar-refractivity contribution in [3.05, 3.63) is 23.0 Å². The Hall–Kier alpha value is -1.40. The molecule has 0 radical (unpaired) electrons. The van der Waals surface area contributed by atoms with Crippen LogP contribution >= 0.6 is 23.4 Å². The molecule has 24 heavy (non-hydrogen) atoms. The molecule has 1 aliphatic rings. The molecule has 1 heterocycles. The summed E-state index contributed by atoms with van der Waals surface area (Å²) in [6.45, 7) is 6.72. The lowest BCUT2D eigenvalue weighted by atomic mass is 9.85. The van der Waals surface area contributed by atoms with Crippen molar-refractivity contribution in [3.63, 3.8) is 0 Å². The van der Waals surface area contributed by atoms with Crippen molar-refractivity contribution in [2.75, 3.05) is 6.54 Å². The average Bonchev–Trinajstić information content (AvgIpc) is 2.87. The zero-order valence-corrected chi connectivity index (χ0v) is 15.5. The summed E-state index contributed by atoms with van der Waals surface area (Å²) in [5.74, 6) is 1.11. The predicted octanol–water partition coefficient (Wildman–Crippen LogP) is 4.92. The van der Waals surface area contributed by atoms with Crippen LogP contribution in [0.5, 0.6) is 0 Å². The van der Waals surface area contributed by atoms with Gasteiger partial charge in [0.1, 0.15) is 5.52 Å². The Morgan fingerprint density at radius 2 is 2.17 bits per heavy atom. The molecule has 2 aromatic rings. The second kappa shape index (κ2) is 6.48. The highest BCUT2D eigenvalue weighted by Gasteiger charge is 2.32. The highest BCUT2D eigenvalue weighted by molar-refractivity contribution is 8.00. The van der Waals surface area contributed by atoms with E-state index in [4.69, 9.17) is 21.1 Å². The number of oxazole rings is 1. The minimum absolute atomic E-state index is 0.155. The van der Waals surface area contributed by atoms with E-state index < -0.39 is 6.09 Å². The third kappa shape index (κ3) is 3.64. The summed E-state index contributed by atoms with van der Waals surface area (Å²) < 4.78 is 6.01. The van der Waals surface area contributed by atoms with Crippen molar-refractivity contribution in [1.82, 2.24) is 10.3 Å². The largest absolute Gasteiger partial charge is 0.465 e. The zero-order valence-electron chi connectivity index (χ0n) is 13.9. The van der Waals surface area contributed by atoms with Gasteiger partial charge in [-0.25, -0.2) is 9.78 Å². The van der Waals surface area contributed by atoms with E-state index in [1.54, 1.807) is 11.8 Å². The number of halogens is 1. The molecule has 5 nitrogen and oxygen atoms in total. The van der Waals surface area contributed by atoms with E-state index in [9.17, 15) is 4.79 Å². The van der Waals surface area contributed by atoms with E-state index in [0.717, 1.165) is 28.8 Å². The molecular weight excluding hydrogens is 348 g/mol. The van der Waals surface area contributed by atoms with Crippen LogP contribution < -0.4 is 5.32 Å². The molecule has 1 amide bonds. The predicted molar refractivity (Wildman–Crippen MR) is 96.1 cm³/mol. The van der Waals surface area contributed by atoms with Crippen LogP contribution in [0.4, 0.5) is 4.79 Å². The summed E-state index contributed by atoms with van der Waals surface area (Å²) in [5, 5.41) is 12.2. The topological polar surface area (TPSA) is 75.4 Å². The molecule has 7 heteroatoms. The zero-order chi connectivity index (χ0) is 17.5. The summed E-state index contributed by atoms with van der Waals surface area (Å²) >= 11 is 8.10. The number of hydrogen-bond acceptors (Lipinski definition) is 4. The summed E-state index contributed by atoms with van der Waals surface area (Å²) in [6.07, 6.45) is 0.978. The molecule has 130 valence electrons. The number of nitrogens with zero attached hydrogens (tertiary/aromatic N) is 1. The second-order valence-corrected chi connectivity index (χ2v) is 8.97. The lowest BCUT2D eigenvalue weighted by molar-refractivity contribution is 0.188. The Balaban J connectivity index is 1.74. The summed E-state index contributed by atoms with van der Waals surface area (Å²) in [5.41, 5.74) is 1.43. The fraction of sp³-hybridized carbons (Fsp3) is 0.529. The van der Waals surface area contributed by atoms with Crippen molar-refractivity contribution in [2.24, 2.45) is 5.92 Å².